The molecule has 0 aliphatic carbocycles. The van der Waals surface area contributed by atoms with Crippen molar-refractivity contribution in [3.63, 3.8) is 0 Å². The number of anilines is 2. The van der Waals surface area contributed by atoms with Gasteiger partial charge in [-0.1, -0.05) is 60.7 Å². The Morgan fingerprint density at radius 2 is 1.56 bits per heavy atom. The molecule has 3 aromatic carbocycles. The smallest absolute Gasteiger partial charge is 0.251 e. The third kappa shape index (κ3) is 5.18. The molecular formula is C25H23N3O3S. The van der Waals surface area contributed by atoms with Gasteiger partial charge in [-0.3, -0.25) is 14.4 Å². The first-order valence-corrected chi connectivity index (χ1v) is 11.3. The van der Waals surface area contributed by atoms with E-state index in [1.54, 1.807) is 29.2 Å². The molecule has 2 N–H and O–H groups in total. The summed E-state index contributed by atoms with van der Waals surface area (Å²) in [5.41, 5.74) is 2.16. The molecule has 32 heavy (non-hydrogen) atoms. The first-order valence-electron chi connectivity index (χ1n) is 10.3. The van der Waals surface area contributed by atoms with E-state index in [0.29, 0.717) is 17.0 Å². The van der Waals surface area contributed by atoms with Crippen LogP contribution in [-0.4, -0.2) is 30.0 Å². The van der Waals surface area contributed by atoms with E-state index in [9.17, 15) is 14.4 Å². The number of fused-ring (bicyclic) bond motifs is 1. The summed E-state index contributed by atoms with van der Waals surface area (Å²) < 4.78 is 0. The molecule has 1 aliphatic rings. The van der Waals surface area contributed by atoms with Crippen LogP contribution in [0.15, 0.2) is 89.8 Å². The molecule has 3 amide bonds. The Balaban J connectivity index is 1.45. The van der Waals surface area contributed by atoms with E-state index in [0.717, 1.165) is 10.6 Å². The summed E-state index contributed by atoms with van der Waals surface area (Å²) in [6.07, 6.45) is 0.0900. The minimum atomic E-state index is -0.844. The number of amides is 3. The standard InChI is InChI=1S/C25H23N3O3S/c29-22(15-16-28-20-13-7-8-14-21(20)32-17-23(28)30)27-24(18-9-3-1-4-10-18)25(31)26-19-11-5-2-6-12-19/h1-14,24H,15-17H2,(H,26,31)(H,27,29)/t24-/m1/s1. The summed E-state index contributed by atoms with van der Waals surface area (Å²) in [6, 6.07) is 25.0. The number of para-hydroxylation sites is 2. The molecule has 0 radical (unpaired) electrons. The summed E-state index contributed by atoms with van der Waals surface area (Å²) in [5.74, 6) is -0.301. The van der Waals surface area contributed by atoms with Gasteiger partial charge in [0.25, 0.3) is 5.91 Å². The number of nitrogens with zero attached hydrogens (tertiary/aromatic N) is 1. The zero-order chi connectivity index (χ0) is 22.3. The quantitative estimate of drug-likeness (QED) is 0.576. The Morgan fingerprint density at radius 3 is 2.31 bits per heavy atom. The summed E-state index contributed by atoms with van der Waals surface area (Å²) in [4.78, 5) is 40.9. The molecular weight excluding hydrogens is 422 g/mol. The van der Waals surface area contributed by atoms with Gasteiger partial charge >= 0.3 is 0 Å². The third-order valence-electron chi connectivity index (χ3n) is 5.11. The molecule has 0 spiro atoms. The van der Waals surface area contributed by atoms with Crippen LogP contribution in [0, 0.1) is 0 Å². The molecule has 4 rings (SSSR count). The fourth-order valence-electron chi connectivity index (χ4n) is 3.53. The summed E-state index contributed by atoms with van der Waals surface area (Å²) in [5, 5.41) is 5.69. The normalized spacial score (nSPS) is 13.8. The van der Waals surface area contributed by atoms with Crippen LogP contribution in [0.5, 0.6) is 0 Å². The number of hydrogen-bond acceptors (Lipinski definition) is 4. The van der Waals surface area contributed by atoms with Crippen LogP contribution in [0.25, 0.3) is 0 Å². The lowest BCUT2D eigenvalue weighted by Gasteiger charge is -2.29. The van der Waals surface area contributed by atoms with Crippen molar-refractivity contribution >= 4 is 40.9 Å². The van der Waals surface area contributed by atoms with Crippen LogP contribution in [0.1, 0.15) is 18.0 Å². The van der Waals surface area contributed by atoms with Crippen LogP contribution < -0.4 is 15.5 Å². The second kappa shape index (κ2) is 10.2. The molecule has 1 atom stereocenters. The molecule has 6 nitrogen and oxygen atoms in total. The molecule has 0 aromatic heterocycles. The molecule has 0 saturated carbocycles. The molecule has 1 heterocycles. The van der Waals surface area contributed by atoms with Crippen molar-refractivity contribution in [1.82, 2.24) is 5.32 Å². The highest BCUT2D eigenvalue weighted by Gasteiger charge is 2.26. The molecule has 0 fully saturated rings. The highest BCUT2D eigenvalue weighted by atomic mass is 32.2. The number of benzene rings is 3. The number of carbonyl (C=O) groups excluding carboxylic acids is 3. The minimum Gasteiger partial charge on any atom is -0.340 e. The van der Waals surface area contributed by atoms with Gasteiger partial charge in [0.05, 0.1) is 11.4 Å². The second-order valence-corrected chi connectivity index (χ2v) is 8.34. The molecule has 7 heteroatoms. The average molecular weight is 446 g/mol. The number of carbonyl (C=O) groups is 3. The van der Waals surface area contributed by atoms with Gasteiger partial charge in [-0.05, 0) is 29.8 Å². The summed E-state index contributed by atoms with van der Waals surface area (Å²) in [7, 11) is 0. The Labute approximate surface area is 191 Å². The van der Waals surface area contributed by atoms with E-state index in [1.165, 1.54) is 11.8 Å². The Hall–Kier alpha value is -3.58. The van der Waals surface area contributed by atoms with E-state index in [2.05, 4.69) is 10.6 Å². The third-order valence-corrected chi connectivity index (χ3v) is 6.16. The fourth-order valence-corrected chi connectivity index (χ4v) is 4.46. The van der Waals surface area contributed by atoms with Crippen molar-refractivity contribution in [2.24, 2.45) is 0 Å². The van der Waals surface area contributed by atoms with E-state index < -0.39 is 6.04 Å². The van der Waals surface area contributed by atoms with Crippen molar-refractivity contribution < 1.29 is 14.4 Å². The second-order valence-electron chi connectivity index (χ2n) is 7.32. The van der Waals surface area contributed by atoms with Crippen molar-refractivity contribution in [3.05, 3.63) is 90.5 Å². The van der Waals surface area contributed by atoms with Gasteiger partial charge in [-0.25, -0.2) is 0 Å². The van der Waals surface area contributed by atoms with Crippen LogP contribution in [0.2, 0.25) is 0 Å². The molecule has 3 aromatic rings. The number of hydrogen-bond donors (Lipinski definition) is 2. The van der Waals surface area contributed by atoms with Gasteiger partial charge in [0, 0.05) is 23.5 Å². The van der Waals surface area contributed by atoms with Crippen molar-refractivity contribution in [1.29, 1.82) is 0 Å². The van der Waals surface area contributed by atoms with Crippen molar-refractivity contribution in [2.75, 3.05) is 22.5 Å². The Kier molecular flexibility index (Phi) is 6.87. The van der Waals surface area contributed by atoms with Gasteiger partial charge in [-0.2, -0.15) is 0 Å². The molecule has 0 unspecified atom stereocenters. The predicted octanol–water partition coefficient (Wildman–Crippen LogP) is 4.01. The number of thioether (sulfide) groups is 1. The molecule has 1 aliphatic heterocycles. The van der Waals surface area contributed by atoms with Gasteiger partial charge in [0.15, 0.2) is 0 Å². The van der Waals surface area contributed by atoms with Gasteiger partial charge in [-0.15, -0.1) is 11.8 Å². The topological polar surface area (TPSA) is 78.5 Å². The predicted molar refractivity (Wildman–Crippen MR) is 127 cm³/mol. The SMILES string of the molecule is O=C(CCN1C(=O)CSc2ccccc21)N[C@@H](C(=O)Nc1ccccc1)c1ccccc1. The monoisotopic (exact) mass is 445 g/mol. The lowest BCUT2D eigenvalue weighted by molar-refractivity contribution is -0.126. The maximum absolute atomic E-state index is 13.0. The van der Waals surface area contributed by atoms with E-state index in [1.807, 2.05) is 60.7 Å². The van der Waals surface area contributed by atoms with Crippen LogP contribution in [0.4, 0.5) is 11.4 Å². The van der Waals surface area contributed by atoms with E-state index in [4.69, 9.17) is 0 Å². The largest absolute Gasteiger partial charge is 0.340 e. The van der Waals surface area contributed by atoms with Crippen molar-refractivity contribution in [3.8, 4) is 0 Å². The fraction of sp³-hybridized carbons (Fsp3) is 0.160. The Morgan fingerprint density at radius 1 is 0.906 bits per heavy atom. The van der Waals surface area contributed by atoms with Gasteiger partial charge in [0.2, 0.25) is 11.8 Å². The van der Waals surface area contributed by atoms with Crippen LogP contribution >= 0.6 is 11.8 Å². The summed E-state index contributed by atoms with van der Waals surface area (Å²) >= 11 is 1.50. The van der Waals surface area contributed by atoms with Crippen LogP contribution in [-0.2, 0) is 14.4 Å². The first kappa shape index (κ1) is 21.6. The van der Waals surface area contributed by atoms with E-state index in [-0.39, 0.29) is 30.7 Å². The van der Waals surface area contributed by atoms with E-state index >= 15 is 0 Å². The highest BCUT2D eigenvalue weighted by molar-refractivity contribution is 8.00. The van der Waals surface area contributed by atoms with Gasteiger partial charge < -0.3 is 15.5 Å². The van der Waals surface area contributed by atoms with Crippen LogP contribution in [0.3, 0.4) is 0 Å². The zero-order valence-electron chi connectivity index (χ0n) is 17.4. The maximum Gasteiger partial charge on any atom is 0.251 e. The number of rotatable bonds is 7. The maximum atomic E-state index is 13.0. The average Bonchev–Trinajstić information content (AvgIpc) is 2.83. The highest BCUT2D eigenvalue weighted by Crippen LogP contribution is 2.34. The van der Waals surface area contributed by atoms with Gasteiger partial charge in [0.1, 0.15) is 6.04 Å². The summed E-state index contributed by atoms with van der Waals surface area (Å²) in [6.45, 7) is 0.254. The molecule has 0 saturated heterocycles. The zero-order valence-corrected chi connectivity index (χ0v) is 18.2. The van der Waals surface area contributed by atoms with Crippen molar-refractivity contribution in [2.45, 2.75) is 17.4 Å². The lowest BCUT2D eigenvalue weighted by Crippen LogP contribution is -2.41. The first-order chi connectivity index (χ1) is 15.6. The Bertz CT molecular complexity index is 1110. The number of nitrogens with one attached hydrogen (secondary N) is 2. The molecule has 162 valence electrons. The molecule has 0 bridgehead atoms. The lowest BCUT2D eigenvalue weighted by atomic mass is 10.1. The minimum absolute atomic E-state index is 0.0251.